The molecule has 2 heterocycles. The highest BCUT2D eigenvalue weighted by atomic mass is 32.2. The summed E-state index contributed by atoms with van der Waals surface area (Å²) >= 11 is 1.52. The largest absolute Gasteiger partial charge is 0.381 e. The van der Waals surface area contributed by atoms with Gasteiger partial charge in [0.2, 0.25) is 10.0 Å². The van der Waals surface area contributed by atoms with Gasteiger partial charge < -0.3 is 10.1 Å². The van der Waals surface area contributed by atoms with Crippen molar-refractivity contribution < 1.29 is 13.2 Å². The third kappa shape index (κ3) is 3.59. The molecule has 1 aliphatic rings. The highest BCUT2D eigenvalue weighted by Gasteiger charge is 2.33. The second-order valence-corrected chi connectivity index (χ2v) is 8.43. The van der Waals surface area contributed by atoms with E-state index in [2.05, 4.69) is 10.0 Å². The van der Waals surface area contributed by atoms with Crippen LogP contribution in [0.3, 0.4) is 0 Å². The van der Waals surface area contributed by atoms with Crippen molar-refractivity contribution >= 4 is 21.4 Å². The average Bonchev–Trinajstić information content (AvgIpc) is 2.71. The Morgan fingerprint density at radius 1 is 1.40 bits per heavy atom. The van der Waals surface area contributed by atoms with Gasteiger partial charge in [-0.2, -0.15) is 0 Å². The van der Waals surface area contributed by atoms with Gasteiger partial charge in [0.25, 0.3) is 0 Å². The van der Waals surface area contributed by atoms with E-state index in [-0.39, 0.29) is 0 Å². The molecule has 0 aromatic carbocycles. The zero-order chi connectivity index (χ0) is 14.8. The van der Waals surface area contributed by atoms with Crippen molar-refractivity contribution in [3.63, 3.8) is 0 Å². The number of rotatable bonds is 5. The first-order chi connectivity index (χ1) is 9.36. The van der Waals surface area contributed by atoms with Crippen molar-refractivity contribution in [1.82, 2.24) is 10.0 Å². The fourth-order valence-electron chi connectivity index (χ4n) is 2.36. The molecule has 1 aromatic rings. The maximum absolute atomic E-state index is 12.6. The zero-order valence-electron chi connectivity index (χ0n) is 12.2. The number of nitrogens with one attached hydrogen (secondary N) is 2. The Morgan fingerprint density at radius 3 is 2.65 bits per heavy atom. The van der Waals surface area contributed by atoms with Crippen molar-refractivity contribution in [2.45, 2.75) is 43.7 Å². The first kappa shape index (κ1) is 15.9. The van der Waals surface area contributed by atoms with Crippen molar-refractivity contribution in [1.29, 1.82) is 0 Å². The Morgan fingerprint density at radius 2 is 2.05 bits per heavy atom. The number of sulfonamides is 1. The van der Waals surface area contributed by atoms with Crippen molar-refractivity contribution in [3.05, 3.63) is 15.8 Å². The number of thiophene rings is 1. The van der Waals surface area contributed by atoms with E-state index >= 15 is 0 Å². The van der Waals surface area contributed by atoms with Gasteiger partial charge >= 0.3 is 0 Å². The lowest BCUT2D eigenvalue weighted by atomic mass is 9.94. The molecule has 0 atom stereocenters. The second-order valence-electron chi connectivity index (χ2n) is 5.44. The maximum Gasteiger partial charge on any atom is 0.242 e. The highest BCUT2D eigenvalue weighted by molar-refractivity contribution is 7.89. The molecule has 0 aliphatic carbocycles. The Balaban J connectivity index is 2.21. The van der Waals surface area contributed by atoms with Gasteiger partial charge in [0, 0.05) is 35.1 Å². The standard InChI is InChI=1S/C13H22N2O3S2/c1-10-12(8-11(19-10)9-14-3)20(16,17)15-13(2)4-6-18-7-5-13/h8,14-15H,4-7,9H2,1-3H3. The monoisotopic (exact) mass is 318 g/mol. The van der Waals surface area contributed by atoms with Crippen molar-refractivity contribution in [2.24, 2.45) is 0 Å². The van der Waals surface area contributed by atoms with Crippen LogP contribution in [0.15, 0.2) is 11.0 Å². The first-order valence-electron chi connectivity index (χ1n) is 6.72. The van der Waals surface area contributed by atoms with Crippen LogP contribution in [0.2, 0.25) is 0 Å². The lowest BCUT2D eigenvalue weighted by Gasteiger charge is -2.33. The minimum atomic E-state index is -3.47. The highest BCUT2D eigenvalue weighted by Crippen LogP contribution is 2.28. The van der Waals surface area contributed by atoms with Crippen LogP contribution >= 0.6 is 11.3 Å². The van der Waals surface area contributed by atoms with Crippen LogP contribution in [-0.2, 0) is 21.3 Å². The Hall–Kier alpha value is -0.470. The van der Waals surface area contributed by atoms with Crippen LogP contribution in [0.1, 0.15) is 29.5 Å². The van der Waals surface area contributed by atoms with Gasteiger partial charge in [0.05, 0.1) is 4.90 Å². The Labute approximate surface area is 124 Å². The molecule has 2 N–H and O–H groups in total. The lowest BCUT2D eigenvalue weighted by Crippen LogP contribution is -2.49. The zero-order valence-corrected chi connectivity index (χ0v) is 13.8. The number of aryl methyl sites for hydroxylation is 1. The van der Waals surface area contributed by atoms with Gasteiger partial charge in [-0.1, -0.05) is 0 Å². The van der Waals surface area contributed by atoms with Gasteiger partial charge in [-0.25, -0.2) is 13.1 Å². The van der Waals surface area contributed by atoms with Crippen LogP contribution in [0.5, 0.6) is 0 Å². The SMILES string of the molecule is CNCc1cc(S(=O)(=O)NC2(C)CCOCC2)c(C)s1. The maximum atomic E-state index is 12.6. The molecular formula is C13H22N2O3S2. The molecule has 2 rings (SSSR count). The summed E-state index contributed by atoms with van der Waals surface area (Å²) in [6, 6.07) is 1.77. The third-order valence-electron chi connectivity index (χ3n) is 3.54. The molecule has 1 aromatic heterocycles. The lowest BCUT2D eigenvalue weighted by molar-refractivity contribution is 0.0537. The predicted octanol–water partition coefficient (Wildman–Crippen LogP) is 1.62. The summed E-state index contributed by atoms with van der Waals surface area (Å²) in [5, 5.41) is 3.04. The molecule has 0 unspecified atom stereocenters. The van der Waals surface area contributed by atoms with Crippen molar-refractivity contribution in [2.75, 3.05) is 20.3 Å². The fourth-order valence-corrected chi connectivity index (χ4v) is 5.47. The van der Waals surface area contributed by atoms with Gasteiger partial charge in [0.1, 0.15) is 0 Å². The molecule has 114 valence electrons. The van der Waals surface area contributed by atoms with E-state index < -0.39 is 15.6 Å². The smallest absolute Gasteiger partial charge is 0.242 e. The van der Waals surface area contributed by atoms with Crippen molar-refractivity contribution in [3.8, 4) is 0 Å². The molecule has 0 spiro atoms. The number of hydrogen-bond acceptors (Lipinski definition) is 5. The minimum Gasteiger partial charge on any atom is -0.381 e. The van der Waals surface area contributed by atoms with Gasteiger partial charge in [0.15, 0.2) is 0 Å². The fraction of sp³-hybridized carbons (Fsp3) is 0.692. The molecule has 0 saturated carbocycles. The summed E-state index contributed by atoms with van der Waals surface area (Å²) in [5.41, 5.74) is -0.408. The average molecular weight is 318 g/mol. The molecule has 20 heavy (non-hydrogen) atoms. The molecule has 1 saturated heterocycles. The Kier molecular flexibility index (Phi) is 4.86. The van der Waals surface area contributed by atoms with E-state index in [1.807, 2.05) is 20.9 Å². The van der Waals surface area contributed by atoms with Gasteiger partial charge in [-0.15, -0.1) is 11.3 Å². The summed E-state index contributed by atoms with van der Waals surface area (Å²) in [7, 11) is -1.62. The molecule has 7 heteroatoms. The molecule has 5 nitrogen and oxygen atoms in total. The van der Waals surface area contributed by atoms with E-state index in [1.54, 1.807) is 6.07 Å². The first-order valence-corrected chi connectivity index (χ1v) is 9.02. The van der Waals surface area contributed by atoms with Crippen LogP contribution in [-0.4, -0.2) is 34.2 Å². The molecule has 1 fully saturated rings. The van der Waals surface area contributed by atoms with E-state index in [1.165, 1.54) is 11.3 Å². The van der Waals surface area contributed by atoms with Crippen LogP contribution < -0.4 is 10.0 Å². The molecular weight excluding hydrogens is 296 g/mol. The summed E-state index contributed by atoms with van der Waals surface area (Å²) in [4.78, 5) is 2.27. The summed E-state index contributed by atoms with van der Waals surface area (Å²) in [6.07, 6.45) is 1.41. The summed E-state index contributed by atoms with van der Waals surface area (Å²) in [6.45, 7) is 5.69. The second kappa shape index (κ2) is 6.11. The molecule has 0 bridgehead atoms. The van der Waals surface area contributed by atoms with E-state index in [9.17, 15) is 8.42 Å². The predicted molar refractivity (Wildman–Crippen MR) is 80.6 cm³/mol. The van der Waals surface area contributed by atoms with Crippen LogP contribution in [0, 0.1) is 6.92 Å². The van der Waals surface area contributed by atoms with Crippen LogP contribution in [0.25, 0.3) is 0 Å². The van der Waals surface area contributed by atoms with Gasteiger partial charge in [-0.3, -0.25) is 0 Å². The normalized spacial score (nSPS) is 19.1. The minimum absolute atomic E-state index is 0.403. The quantitative estimate of drug-likeness (QED) is 0.866. The van der Waals surface area contributed by atoms with E-state index in [0.717, 1.165) is 9.75 Å². The molecule has 0 radical (unpaired) electrons. The van der Waals surface area contributed by atoms with Crippen LogP contribution in [0.4, 0.5) is 0 Å². The van der Waals surface area contributed by atoms with E-state index in [0.29, 0.717) is 37.5 Å². The summed E-state index contributed by atoms with van der Waals surface area (Å²) < 4.78 is 33.3. The summed E-state index contributed by atoms with van der Waals surface area (Å²) in [5.74, 6) is 0. The van der Waals surface area contributed by atoms with Gasteiger partial charge in [-0.05, 0) is 39.8 Å². The number of ether oxygens (including phenoxy) is 1. The topological polar surface area (TPSA) is 67.4 Å². The molecule has 0 amide bonds. The molecule has 1 aliphatic heterocycles. The Bertz CT molecular complexity index is 560. The third-order valence-corrected chi connectivity index (χ3v) is 6.49. The number of hydrogen-bond donors (Lipinski definition) is 2. The van der Waals surface area contributed by atoms with E-state index in [4.69, 9.17) is 4.74 Å².